The van der Waals surface area contributed by atoms with Gasteiger partial charge in [0, 0.05) is 12.3 Å². The molecule has 0 aromatic rings. The van der Waals surface area contributed by atoms with E-state index in [9.17, 15) is 0 Å². The molecule has 1 radical (unpaired) electrons. The summed E-state index contributed by atoms with van der Waals surface area (Å²) >= 11 is 0. The Kier molecular flexibility index (Phi) is 1.31. The van der Waals surface area contributed by atoms with Crippen LogP contribution in [0.4, 0.5) is 0 Å². The van der Waals surface area contributed by atoms with E-state index in [0.29, 0.717) is 6.04 Å². The summed E-state index contributed by atoms with van der Waals surface area (Å²) in [4.78, 5) is 0. The van der Waals surface area contributed by atoms with Crippen LogP contribution in [0, 0.1) is 11.8 Å². The van der Waals surface area contributed by atoms with Gasteiger partial charge in [-0.15, -0.1) is 0 Å². The van der Waals surface area contributed by atoms with E-state index in [1.807, 2.05) is 0 Å². The molecule has 2 bridgehead atoms. The number of rotatable bonds is 1. The number of nitrogens with one attached hydrogen (secondary N) is 2. The fourth-order valence-corrected chi connectivity index (χ4v) is 2.04. The van der Waals surface area contributed by atoms with Crippen molar-refractivity contribution in [1.29, 1.82) is 5.41 Å². The topological polar surface area (TPSA) is 35.9 Å². The van der Waals surface area contributed by atoms with Crippen LogP contribution >= 0.6 is 0 Å². The van der Waals surface area contributed by atoms with Gasteiger partial charge in [-0.25, -0.2) is 0 Å². The van der Waals surface area contributed by atoms with Crippen molar-refractivity contribution in [2.24, 2.45) is 0 Å². The minimum absolute atomic E-state index is 0.0723. The van der Waals surface area contributed by atoms with Crippen LogP contribution in [0.3, 0.4) is 0 Å². The Morgan fingerprint density at radius 1 is 1.70 bits per heavy atom. The van der Waals surface area contributed by atoms with Crippen LogP contribution < -0.4 is 5.32 Å². The van der Waals surface area contributed by atoms with Crippen molar-refractivity contribution in [2.75, 3.05) is 0 Å². The van der Waals surface area contributed by atoms with Crippen molar-refractivity contribution in [3.05, 3.63) is 6.42 Å². The highest BCUT2D eigenvalue weighted by atomic mass is 15.1. The highest BCUT2D eigenvalue weighted by molar-refractivity contribution is 5.68. The van der Waals surface area contributed by atoms with Gasteiger partial charge in [-0.1, -0.05) is 0 Å². The first-order valence-electron chi connectivity index (χ1n) is 3.96. The van der Waals surface area contributed by atoms with Crippen molar-refractivity contribution in [3.8, 4) is 0 Å². The fraction of sp³-hybridized carbons (Fsp3) is 0.750. The highest BCUT2D eigenvalue weighted by Crippen LogP contribution is 2.33. The van der Waals surface area contributed by atoms with Gasteiger partial charge in [0.05, 0.1) is 5.54 Å². The Morgan fingerprint density at radius 3 is 3.30 bits per heavy atom. The molecule has 2 heteroatoms. The number of hydrogen-bond donors (Lipinski definition) is 2. The molecule has 0 spiro atoms. The highest BCUT2D eigenvalue weighted by Gasteiger charge is 2.39. The summed E-state index contributed by atoms with van der Waals surface area (Å²) in [5, 5.41) is 10.7. The summed E-state index contributed by atoms with van der Waals surface area (Å²) in [5.74, 6) is 0. The minimum atomic E-state index is 0.0723. The molecule has 0 aromatic heterocycles. The van der Waals surface area contributed by atoms with Crippen LogP contribution in [-0.4, -0.2) is 17.8 Å². The summed E-state index contributed by atoms with van der Waals surface area (Å²) < 4.78 is 0. The Bertz CT molecular complexity index is 151. The Hall–Kier alpha value is -0.370. The van der Waals surface area contributed by atoms with Crippen LogP contribution in [-0.2, 0) is 0 Å². The summed E-state index contributed by atoms with van der Waals surface area (Å²) in [6, 6.07) is 0.676. The molecule has 2 aliphatic heterocycles. The first-order valence-corrected chi connectivity index (χ1v) is 3.96. The molecule has 0 amide bonds. The molecule has 0 aromatic carbocycles. The molecular weight excluding hydrogens is 124 g/mol. The fourth-order valence-electron chi connectivity index (χ4n) is 2.04. The molecule has 10 heavy (non-hydrogen) atoms. The average molecular weight is 137 g/mol. The molecule has 0 aliphatic carbocycles. The van der Waals surface area contributed by atoms with Gasteiger partial charge in [0.15, 0.2) is 0 Å². The van der Waals surface area contributed by atoms with E-state index in [-0.39, 0.29) is 5.54 Å². The summed E-state index contributed by atoms with van der Waals surface area (Å²) in [5.41, 5.74) is 0.0723. The van der Waals surface area contributed by atoms with Gasteiger partial charge >= 0.3 is 0 Å². The maximum absolute atomic E-state index is 7.26. The molecule has 2 heterocycles. The first kappa shape index (κ1) is 6.35. The molecule has 2 unspecified atom stereocenters. The minimum Gasteiger partial charge on any atom is -0.311 e. The van der Waals surface area contributed by atoms with Crippen LogP contribution in [0.15, 0.2) is 0 Å². The molecule has 2 rings (SSSR count). The SMILES string of the molecule is N=CC12C[CH]CC(CC1)N2. The lowest BCUT2D eigenvalue weighted by atomic mass is 9.92. The van der Waals surface area contributed by atoms with Crippen molar-refractivity contribution in [1.82, 2.24) is 5.32 Å². The average Bonchev–Trinajstić information content (AvgIpc) is 2.29. The van der Waals surface area contributed by atoms with Gasteiger partial charge in [0.25, 0.3) is 0 Å². The quantitative estimate of drug-likeness (QED) is 0.522. The van der Waals surface area contributed by atoms with E-state index in [0.717, 1.165) is 12.8 Å². The van der Waals surface area contributed by atoms with Crippen LogP contribution in [0.1, 0.15) is 25.7 Å². The molecule has 2 nitrogen and oxygen atoms in total. The van der Waals surface area contributed by atoms with E-state index < -0.39 is 0 Å². The monoisotopic (exact) mass is 137 g/mol. The maximum atomic E-state index is 7.26. The lowest BCUT2D eigenvalue weighted by molar-refractivity contribution is 0.414. The van der Waals surface area contributed by atoms with E-state index in [2.05, 4.69) is 11.7 Å². The Morgan fingerprint density at radius 2 is 2.60 bits per heavy atom. The van der Waals surface area contributed by atoms with E-state index in [1.54, 1.807) is 6.21 Å². The van der Waals surface area contributed by atoms with Crippen molar-refractivity contribution in [2.45, 2.75) is 37.3 Å². The number of piperidine rings is 1. The van der Waals surface area contributed by atoms with Crippen LogP contribution in [0.5, 0.6) is 0 Å². The summed E-state index contributed by atoms with van der Waals surface area (Å²) in [6.45, 7) is 0. The maximum Gasteiger partial charge on any atom is 0.0536 e. The predicted octanol–water partition coefficient (Wildman–Crippen LogP) is 1.12. The van der Waals surface area contributed by atoms with Crippen molar-refractivity contribution < 1.29 is 0 Å². The Labute approximate surface area is 61.5 Å². The standard InChI is InChI=1S/C8H13N2/c9-6-8-4-1-2-7(10-8)3-5-8/h1,6-7,9-10H,2-5H2. The molecule has 2 atom stereocenters. The second kappa shape index (κ2) is 2.06. The predicted molar refractivity (Wildman–Crippen MR) is 41.2 cm³/mol. The lowest BCUT2D eigenvalue weighted by Gasteiger charge is -2.30. The van der Waals surface area contributed by atoms with Gasteiger partial charge < -0.3 is 10.7 Å². The van der Waals surface area contributed by atoms with Crippen molar-refractivity contribution in [3.63, 3.8) is 0 Å². The van der Waals surface area contributed by atoms with Gasteiger partial charge in [-0.05, 0) is 32.1 Å². The molecular formula is C8H13N2. The summed E-state index contributed by atoms with van der Waals surface area (Å²) in [6.07, 6.45) is 8.59. The summed E-state index contributed by atoms with van der Waals surface area (Å²) in [7, 11) is 0. The lowest BCUT2D eigenvalue weighted by Crippen LogP contribution is -2.47. The number of fused-ring (bicyclic) bond motifs is 2. The molecule has 2 N–H and O–H groups in total. The van der Waals surface area contributed by atoms with Crippen LogP contribution in [0.2, 0.25) is 0 Å². The third-order valence-electron chi connectivity index (χ3n) is 2.67. The van der Waals surface area contributed by atoms with E-state index in [4.69, 9.17) is 5.41 Å². The Balaban J connectivity index is 2.16. The molecule has 2 aliphatic rings. The van der Waals surface area contributed by atoms with Crippen molar-refractivity contribution >= 4 is 6.21 Å². The second-order valence-electron chi connectivity index (χ2n) is 3.41. The van der Waals surface area contributed by atoms with Crippen LogP contribution in [0.25, 0.3) is 0 Å². The largest absolute Gasteiger partial charge is 0.311 e. The molecule has 55 valence electrons. The van der Waals surface area contributed by atoms with E-state index >= 15 is 0 Å². The zero-order chi connectivity index (χ0) is 7.03. The van der Waals surface area contributed by atoms with Gasteiger partial charge in [-0.3, -0.25) is 0 Å². The third-order valence-corrected chi connectivity index (χ3v) is 2.67. The molecule has 2 saturated heterocycles. The molecule has 2 fully saturated rings. The molecule has 0 saturated carbocycles. The van der Waals surface area contributed by atoms with Gasteiger partial charge in [-0.2, -0.15) is 0 Å². The zero-order valence-electron chi connectivity index (χ0n) is 6.06. The third kappa shape index (κ3) is 0.788. The normalized spacial score (nSPS) is 45.4. The smallest absolute Gasteiger partial charge is 0.0536 e. The first-order chi connectivity index (χ1) is 4.85. The zero-order valence-corrected chi connectivity index (χ0v) is 6.06. The van der Waals surface area contributed by atoms with Gasteiger partial charge in [0.2, 0.25) is 0 Å². The number of hydrogen-bond acceptors (Lipinski definition) is 2. The second-order valence-corrected chi connectivity index (χ2v) is 3.41. The van der Waals surface area contributed by atoms with E-state index in [1.165, 1.54) is 12.8 Å². The van der Waals surface area contributed by atoms with Gasteiger partial charge in [0.1, 0.15) is 0 Å².